The molecule has 0 radical (unpaired) electrons. The first-order valence-corrected chi connectivity index (χ1v) is 5.68. The van der Waals surface area contributed by atoms with Gasteiger partial charge in [-0.3, -0.25) is 0 Å². The van der Waals surface area contributed by atoms with Crippen molar-refractivity contribution in [1.82, 2.24) is 0 Å². The number of halogens is 9. The van der Waals surface area contributed by atoms with E-state index in [9.17, 15) is 44.3 Å². The van der Waals surface area contributed by atoms with E-state index in [2.05, 4.69) is 11.3 Å². The van der Waals surface area contributed by atoms with E-state index < -0.39 is 49.0 Å². The lowest BCUT2D eigenvalue weighted by atomic mass is 9.98. The molecule has 0 aliphatic carbocycles. The Labute approximate surface area is 123 Å². The van der Waals surface area contributed by atoms with E-state index in [4.69, 9.17) is 5.11 Å². The normalized spacial score (nSPS) is 15.3. The molecule has 0 bridgehead atoms. The van der Waals surface area contributed by atoms with Crippen molar-refractivity contribution in [3.8, 4) is 0 Å². The minimum absolute atomic E-state index is 0.252. The van der Waals surface area contributed by atoms with Gasteiger partial charge >= 0.3 is 29.9 Å². The van der Waals surface area contributed by atoms with Crippen LogP contribution >= 0.6 is 0 Å². The molecule has 0 rings (SSSR count). The number of alkyl halides is 9. The average Bonchev–Trinajstić information content (AvgIpc) is 2.33. The molecule has 0 aromatic rings. The second kappa shape index (κ2) is 6.57. The van der Waals surface area contributed by atoms with Gasteiger partial charge in [0, 0.05) is 12.0 Å². The highest BCUT2D eigenvalue weighted by atomic mass is 19.4. The molecule has 1 N–H and O–H groups in total. The van der Waals surface area contributed by atoms with Crippen molar-refractivity contribution in [1.29, 1.82) is 0 Å². The molecule has 0 spiro atoms. The van der Waals surface area contributed by atoms with Crippen molar-refractivity contribution >= 4 is 5.97 Å². The highest BCUT2D eigenvalue weighted by Gasteiger charge is 2.81. The van der Waals surface area contributed by atoms with Gasteiger partial charge in [-0.2, -0.15) is 39.5 Å². The zero-order chi connectivity index (χ0) is 18.9. The molecule has 23 heavy (non-hydrogen) atoms. The first-order chi connectivity index (χ1) is 9.97. The summed E-state index contributed by atoms with van der Waals surface area (Å²) in [5.41, 5.74) is -0.252. The van der Waals surface area contributed by atoms with Crippen LogP contribution in [0.4, 0.5) is 39.5 Å². The quantitative estimate of drug-likeness (QED) is 0.429. The van der Waals surface area contributed by atoms with Gasteiger partial charge in [-0.05, 0) is 6.92 Å². The maximum absolute atomic E-state index is 13.1. The van der Waals surface area contributed by atoms with Gasteiger partial charge in [-0.1, -0.05) is 6.58 Å². The fourth-order valence-electron chi connectivity index (χ4n) is 1.19. The van der Waals surface area contributed by atoms with Gasteiger partial charge in [0.15, 0.2) is 0 Å². The predicted molar refractivity (Wildman–Crippen MR) is 57.3 cm³/mol. The van der Waals surface area contributed by atoms with Crippen LogP contribution in [-0.2, 0) is 9.53 Å². The zero-order valence-corrected chi connectivity index (χ0v) is 11.4. The monoisotopic (exact) mass is 362 g/mol. The number of hydrogen-bond donors (Lipinski definition) is 1. The molecule has 0 amide bonds. The Kier molecular flexibility index (Phi) is 6.16. The topological polar surface area (TPSA) is 46.5 Å². The summed E-state index contributed by atoms with van der Waals surface area (Å²) in [6.45, 7) is 2.85. The molecule has 0 aliphatic heterocycles. The van der Waals surface area contributed by atoms with E-state index >= 15 is 0 Å². The minimum atomic E-state index is -7.03. The number of esters is 1. The minimum Gasteiger partial charge on any atom is -0.460 e. The van der Waals surface area contributed by atoms with Crippen molar-refractivity contribution in [3.05, 3.63) is 12.2 Å². The van der Waals surface area contributed by atoms with Gasteiger partial charge < -0.3 is 9.84 Å². The van der Waals surface area contributed by atoms with Gasteiger partial charge in [0.25, 0.3) is 0 Å². The van der Waals surface area contributed by atoms with Crippen LogP contribution < -0.4 is 0 Å². The second-order valence-electron chi connectivity index (χ2n) is 4.59. The molecule has 136 valence electrons. The summed E-state index contributed by atoms with van der Waals surface area (Å²) in [7, 11) is 0. The zero-order valence-electron chi connectivity index (χ0n) is 11.4. The Bertz CT molecular complexity index is 456. The lowest BCUT2D eigenvalue weighted by Gasteiger charge is -2.34. The number of aliphatic hydroxyl groups excluding tert-OH is 1. The van der Waals surface area contributed by atoms with E-state index in [0.29, 0.717) is 0 Å². The number of aliphatic hydroxyl groups is 1. The van der Waals surface area contributed by atoms with Gasteiger partial charge in [-0.25, -0.2) is 4.79 Å². The second-order valence-corrected chi connectivity index (χ2v) is 4.59. The SMILES string of the molecule is C=C(C)C(=O)OC[C@@H](O)CC(F)(F)C(F)(F)C(F)(F)C(F)(F)F. The van der Waals surface area contributed by atoms with Crippen LogP contribution in [0.15, 0.2) is 12.2 Å². The number of carbonyl (C=O) groups is 1. The summed E-state index contributed by atoms with van der Waals surface area (Å²) in [5, 5.41) is 9.00. The molecule has 0 saturated heterocycles. The highest BCUT2D eigenvalue weighted by molar-refractivity contribution is 5.86. The van der Waals surface area contributed by atoms with Gasteiger partial charge in [0.2, 0.25) is 0 Å². The summed E-state index contributed by atoms with van der Waals surface area (Å²) >= 11 is 0. The first-order valence-electron chi connectivity index (χ1n) is 5.68. The predicted octanol–water partition coefficient (Wildman–Crippen LogP) is 3.32. The summed E-state index contributed by atoms with van der Waals surface area (Å²) in [6, 6.07) is 0. The average molecular weight is 362 g/mol. The first kappa shape index (κ1) is 21.5. The molecule has 0 aromatic heterocycles. The molecule has 12 heteroatoms. The standard InChI is InChI=1S/C11H11F9O3/c1-5(2)7(22)23-4-6(21)3-8(12,13)9(14,15)10(16,17)11(18,19)20/h6,21H,1,3-4H2,2H3/t6-/m0/s1. The fraction of sp³-hybridized carbons (Fsp3) is 0.727. The highest BCUT2D eigenvalue weighted by Crippen LogP contribution is 2.54. The smallest absolute Gasteiger partial charge is 0.460 e. The summed E-state index contributed by atoms with van der Waals surface area (Å²) in [6.07, 6.45) is -12.0. The van der Waals surface area contributed by atoms with Crippen LogP contribution in [0.5, 0.6) is 0 Å². The van der Waals surface area contributed by atoms with Crippen molar-refractivity contribution in [2.24, 2.45) is 0 Å². The van der Waals surface area contributed by atoms with Crippen molar-refractivity contribution in [2.75, 3.05) is 6.61 Å². The number of rotatable bonds is 7. The van der Waals surface area contributed by atoms with Crippen molar-refractivity contribution in [2.45, 2.75) is 43.4 Å². The van der Waals surface area contributed by atoms with Crippen LogP contribution in [0, 0.1) is 0 Å². The van der Waals surface area contributed by atoms with Crippen LogP contribution in [0.3, 0.4) is 0 Å². The number of ether oxygens (including phenoxy) is 1. The molecule has 0 aromatic carbocycles. The Balaban J connectivity index is 5.11. The molecule has 0 saturated carbocycles. The summed E-state index contributed by atoms with van der Waals surface area (Å²) in [5.74, 6) is -21.0. The van der Waals surface area contributed by atoms with Crippen molar-refractivity contribution < 1.29 is 54.2 Å². The third kappa shape index (κ3) is 4.52. The molecule has 0 fully saturated rings. The molecule has 0 heterocycles. The third-order valence-corrected chi connectivity index (χ3v) is 2.46. The number of hydrogen-bond acceptors (Lipinski definition) is 3. The molecular weight excluding hydrogens is 351 g/mol. The maximum Gasteiger partial charge on any atom is 0.460 e. The van der Waals surface area contributed by atoms with E-state index in [0.717, 1.165) is 6.92 Å². The molecular formula is C11H11F9O3. The molecule has 0 unspecified atom stereocenters. The largest absolute Gasteiger partial charge is 0.460 e. The molecule has 1 atom stereocenters. The molecule has 0 aliphatic rings. The van der Waals surface area contributed by atoms with E-state index in [1.165, 1.54) is 0 Å². The fourth-order valence-corrected chi connectivity index (χ4v) is 1.19. The Morgan fingerprint density at radius 1 is 1.04 bits per heavy atom. The van der Waals surface area contributed by atoms with E-state index in [1.54, 1.807) is 0 Å². The van der Waals surface area contributed by atoms with Gasteiger partial charge in [-0.15, -0.1) is 0 Å². The lowest BCUT2D eigenvalue weighted by molar-refractivity contribution is -0.398. The van der Waals surface area contributed by atoms with E-state index in [-0.39, 0.29) is 5.57 Å². The van der Waals surface area contributed by atoms with Crippen LogP contribution in [0.2, 0.25) is 0 Å². The third-order valence-electron chi connectivity index (χ3n) is 2.46. The van der Waals surface area contributed by atoms with Crippen LogP contribution in [0.25, 0.3) is 0 Å². The molecule has 3 nitrogen and oxygen atoms in total. The van der Waals surface area contributed by atoms with Crippen LogP contribution in [0.1, 0.15) is 13.3 Å². The summed E-state index contributed by atoms with van der Waals surface area (Å²) < 4.78 is 117. The Morgan fingerprint density at radius 2 is 1.48 bits per heavy atom. The maximum atomic E-state index is 13.1. The van der Waals surface area contributed by atoms with Crippen LogP contribution in [-0.4, -0.2) is 47.7 Å². The lowest BCUT2D eigenvalue weighted by Crippen LogP contribution is -2.61. The van der Waals surface area contributed by atoms with Gasteiger partial charge in [0.1, 0.15) is 6.61 Å². The summed E-state index contributed by atoms with van der Waals surface area (Å²) in [4.78, 5) is 10.9. The van der Waals surface area contributed by atoms with Gasteiger partial charge in [0.05, 0.1) is 6.10 Å². The van der Waals surface area contributed by atoms with Crippen molar-refractivity contribution in [3.63, 3.8) is 0 Å². The Hall–Kier alpha value is -1.46. The number of carbonyl (C=O) groups excluding carboxylic acids is 1. The Morgan fingerprint density at radius 3 is 1.83 bits per heavy atom. The van der Waals surface area contributed by atoms with E-state index in [1.807, 2.05) is 0 Å².